The van der Waals surface area contributed by atoms with Crippen LogP contribution in [0.2, 0.25) is 0 Å². The molecule has 0 radical (unpaired) electrons. The van der Waals surface area contributed by atoms with E-state index < -0.39 is 0 Å². The van der Waals surface area contributed by atoms with E-state index in [-0.39, 0.29) is 0 Å². The van der Waals surface area contributed by atoms with Crippen LogP contribution in [-0.2, 0) is 4.74 Å². The lowest BCUT2D eigenvalue weighted by Gasteiger charge is -2.12. The highest BCUT2D eigenvalue weighted by atomic mass is 32.1. The molecule has 0 aliphatic rings. The molecule has 0 fully saturated rings. The topological polar surface area (TPSA) is 44.5 Å². The summed E-state index contributed by atoms with van der Waals surface area (Å²) in [6.45, 7) is 5.68. The fraction of sp³-hybridized carbons (Fsp3) is 0.533. The van der Waals surface area contributed by atoms with Gasteiger partial charge in [0, 0.05) is 12.0 Å². The van der Waals surface area contributed by atoms with E-state index in [1.54, 1.807) is 0 Å². The molecular formula is C15H23NO2S. The summed E-state index contributed by atoms with van der Waals surface area (Å²) in [5.74, 6) is 0.835. The number of hydrogen-bond donors (Lipinski definition) is 1. The minimum atomic E-state index is 0.342. The molecule has 0 saturated heterocycles. The van der Waals surface area contributed by atoms with Gasteiger partial charge in [0.1, 0.15) is 10.7 Å². The van der Waals surface area contributed by atoms with Crippen molar-refractivity contribution >= 4 is 17.2 Å². The van der Waals surface area contributed by atoms with Gasteiger partial charge in [0.25, 0.3) is 0 Å². The third-order valence-corrected chi connectivity index (χ3v) is 3.03. The average Bonchev–Trinajstić information content (AvgIpc) is 2.39. The largest absolute Gasteiger partial charge is 0.494 e. The number of hydrogen-bond acceptors (Lipinski definition) is 3. The quantitative estimate of drug-likeness (QED) is 0.557. The van der Waals surface area contributed by atoms with Crippen molar-refractivity contribution in [3.63, 3.8) is 0 Å². The van der Waals surface area contributed by atoms with Crippen molar-refractivity contribution in [2.75, 3.05) is 13.2 Å². The van der Waals surface area contributed by atoms with Crippen molar-refractivity contribution in [3.8, 4) is 5.75 Å². The molecule has 0 aromatic heterocycles. The Bertz CT molecular complexity index is 378. The molecule has 0 heterocycles. The maximum atomic E-state index is 5.66. The molecule has 0 spiro atoms. The average molecular weight is 281 g/mol. The minimum Gasteiger partial charge on any atom is -0.494 e. The van der Waals surface area contributed by atoms with Gasteiger partial charge in [-0.15, -0.1) is 0 Å². The maximum absolute atomic E-state index is 5.66. The fourth-order valence-corrected chi connectivity index (χ4v) is 1.87. The van der Waals surface area contributed by atoms with Gasteiger partial charge in [-0.1, -0.05) is 25.6 Å². The highest BCUT2D eigenvalue weighted by Crippen LogP contribution is 2.12. The van der Waals surface area contributed by atoms with Gasteiger partial charge in [-0.2, -0.15) is 0 Å². The minimum absolute atomic E-state index is 0.342. The Morgan fingerprint density at radius 2 is 1.95 bits per heavy atom. The van der Waals surface area contributed by atoms with Gasteiger partial charge in [0.05, 0.1) is 19.3 Å². The fourth-order valence-electron chi connectivity index (χ4n) is 1.74. The van der Waals surface area contributed by atoms with Gasteiger partial charge in [0.15, 0.2) is 0 Å². The monoisotopic (exact) mass is 281 g/mol. The molecule has 3 nitrogen and oxygen atoms in total. The summed E-state index contributed by atoms with van der Waals surface area (Å²) in [7, 11) is 0. The van der Waals surface area contributed by atoms with Crippen molar-refractivity contribution in [2.24, 2.45) is 5.73 Å². The predicted molar refractivity (Wildman–Crippen MR) is 82.8 cm³/mol. The molecule has 0 aliphatic carbocycles. The van der Waals surface area contributed by atoms with Crippen LogP contribution in [0.25, 0.3) is 0 Å². The molecule has 4 heteroatoms. The summed E-state index contributed by atoms with van der Waals surface area (Å²) in [5, 5.41) is 0. The third kappa shape index (κ3) is 6.55. The maximum Gasteiger partial charge on any atom is 0.119 e. The molecular weight excluding hydrogens is 258 g/mol. The zero-order valence-electron chi connectivity index (χ0n) is 11.7. The van der Waals surface area contributed by atoms with Gasteiger partial charge in [-0.05, 0) is 37.6 Å². The lowest BCUT2D eigenvalue weighted by molar-refractivity contribution is 0.0519. The van der Waals surface area contributed by atoms with Crippen LogP contribution >= 0.6 is 12.2 Å². The molecule has 1 aromatic carbocycles. The Kier molecular flexibility index (Phi) is 7.45. The summed E-state index contributed by atoms with van der Waals surface area (Å²) < 4.78 is 11.3. The normalized spacial score (nSPS) is 12.1. The Labute approximate surface area is 121 Å². The zero-order valence-corrected chi connectivity index (χ0v) is 12.5. The van der Waals surface area contributed by atoms with E-state index in [0.29, 0.717) is 17.7 Å². The summed E-state index contributed by atoms with van der Waals surface area (Å²) >= 11 is 4.89. The van der Waals surface area contributed by atoms with Gasteiger partial charge in [-0.3, -0.25) is 0 Å². The van der Waals surface area contributed by atoms with Crippen molar-refractivity contribution in [3.05, 3.63) is 29.8 Å². The van der Waals surface area contributed by atoms with Gasteiger partial charge < -0.3 is 15.2 Å². The van der Waals surface area contributed by atoms with Crippen LogP contribution in [0.1, 0.15) is 38.7 Å². The Balaban J connectivity index is 2.17. The lowest BCUT2D eigenvalue weighted by atomic mass is 10.2. The van der Waals surface area contributed by atoms with Crippen LogP contribution in [0.15, 0.2) is 24.3 Å². The molecule has 0 bridgehead atoms. The van der Waals surface area contributed by atoms with Crippen molar-refractivity contribution in [2.45, 2.75) is 39.2 Å². The number of nitrogens with two attached hydrogens (primary N) is 1. The number of rotatable bonds is 9. The smallest absolute Gasteiger partial charge is 0.119 e. The SMILES string of the molecule is CCCC(C)OCCCOc1ccc(C(N)=S)cc1. The molecule has 1 unspecified atom stereocenters. The van der Waals surface area contributed by atoms with Crippen molar-refractivity contribution in [1.29, 1.82) is 0 Å². The molecule has 1 atom stereocenters. The van der Waals surface area contributed by atoms with Crippen LogP contribution in [0.4, 0.5) is 0 Å². The van der Waals surface area contributed by atoms with E-state index in [9.17, 15) is 0 Å². The second-order valence-electron chi connectivity index (χ2n) is 4.56. The zero-order chi connectivity index (χ0) is 14.1. The first-order valence-electron chi connectivity index (χ1n) is 6.77. The van der Waals surface area contributed by atoms with Crippen LogP contribution < -0.4 is 10.5 Å². The Morgan fingerprint density at radius 1 is 1.26 bits per heavy atom. The van der Waals surface area contributed by atoms with Crippen molar-refractivity contribution < 1.29 is 9.47 Å². The van der Waals surface area contributed by atoms with Crippen molar-refractivity contribution in [1.82, 2.24) is 0 Å². The predicted octanol–water partition coefficient (Wildman–Crippen LogP) is 3.29. The first-order valence-corrected chi connectivity index (χ1v) is 7.18. The van der Waals surface area contributed by atoms with Gasteiger partial charge in [0.2, 0.25) is 0 Å². The van der Waals surface area contributed by atoms with E-state index in [4.69, 9.17) is 27.4 Å². The molecule has 2 N–H and O–H groups in total. The number of thiocarbonyl (C=S) groups is 1. The van der Waals surface area contributed by atoms with Crippen LogP contribution in [-0.4, -0.2) is 24.3 Å². The van der Waals surface area contributed by atoms with Gasteiger partial charge >= 0.3 is 0 Å². The second-order valence-corrected chi connectivity index (χ2v) is 5.00. The third-order valence-electron chi connectivity index (χ3n) is 2.79. The van der Waals surface area contributed by atoms with Crippen LogP contribution in [0, 0.1) is 0 Å². The molecule has 0 amide bonds. The van der Waals surface area contributed by atoms with E-state index in [1.165, 1.54) is 0 Å². The number of benzene rings is 1. The Morgan fingerprint density at radius 3 is 2.53 bits per heavy atom. The molecule has 19 heavy (non-hydrogen) atoms. The van der Waals surface area contributed by atoms with Crippen LogP contribution in [0.3, 0.4) is 0 Å². The first-order chi connectivity index (χ1) is 9.13. The molecule has 0 aliphatic heterocycles. The van der Waals surface area contributed by atoms with E-state index in [2.05, 4.69) is 13.8 Å². The summed E-state index contributed by atoms with van der Waals surface area (Å²) in [5.41, 5.74) is 6.39. The number of ether oxygens (including phenoxy) is 2. The standard InChI is InChI=1S/C15H23NO2S/c1-3-5-12(2)17-10-4-11-18-14-8-6-13(7-9-14)15(16)19/h6-9,12H,3-5,10-11H2,1-2H3,(H2,16,19). The molecule has 1 aromatic rings. The summed E-state index contributed by atoms with van der Waals surface area (Å²) in [6, 6.07) is 7.51. The molecule has 0 saturated carbocycles. The van der Waals surface area contributed by atoms with Gasteiger partial charge in [-0.25, -0.2) is 0 Å². The summed E-state index contributed by atoms with van der Waals surface area (Å²) in [6.07, 6.45) is 3.51. The summed E-state index contributed by atoms with van der Waals surface area (Å²) in [4.78, 5) is 0.407. The van der Waals surface area contributed by atoms with Crippen LogP contribution in [0.5, 0.6) is 5.75 Å². The van der Waals surface area contributed by atoms with E-state index in [1.807, 2.05) is 24.3 Å². The second kappa shape index (κ2) is 8.88. The van der Waals surface area contributed by atoms with E-state index >= 15 is 0 Å². The molecule has 1 rings (SSSR count). The van der Waals surface area contributed by atoms with E-state index in [0.717, 1.165) is 37.2 Å². The highest BCUT2D eigenvalue weighted by Gasteiger charge is 2.00. The lowest BCUT2D eigenvalue weighted by Crippen LogP contribution is -2.11. The first kappa shape index (κ1) is 15.9. The Hall–Kier alpha value is -1.13. The highest BCUT2D eigenvalue weighted by molar-refractivity contribution is 7.80. The molecule has 106 valence electrons.